The van der Waals surface area contributed by atoms with Crippen LogP contribution in [0.1, 0.15) is 30.3 Å². The number of hydrogen-bond donors (Lipinski definition) is 2. The summed E-state index contributed by atoms with van der Waals surface area (Å²) in [7, 11) is 0. The lowest BCUT2D eigenvalue weighted by molar-refractivity contribution is 0.0815. The number of carbonyl (C=O) groups is 1. The summed E-state index contributed by atoms with van der Waals surface area (Å²) >= 11 is 0. The number of aromatic nitrogens is 1. The van der Waals surface area contributed by atoms with Crippen molar-refractivity contribution in [2.24, 2.45) is 5.92 Å². The Labute approximate surface area is 127 Å². The molecule has 0 radical (unpaired) electrons. The van der Waals surface area contributed by atoms with Gasteiger partial charge in [0.05, 0.1) is 17.7 Å². The average molecular weight is 304 g/mol. The normalized spacial score (nSPS) is 17.0. The van der Waals surface area contributed by atoms with E-state index in [4.69, 9.17) is 4.52 Å². The molecule has 1 unspecified atom stereocenters. The maximum absolute atomic E-state index is 13.7. The first-order valence-electron chi connectivity index (χ1n) is 7.18. The number of amides is 1. The number of carbonyl (C=O) groups excluding carboxylic acids is 1. The summed E-state index contributed by atoms with van der Waals surface area (Å²) in [5.41, 5.74) is -0.339. The largest absolute Gasteiger partial charge is 0.394 e. The Morgan fingerprint density at radius 2 is 2.23 bits per heavy atom. The van der Waals surface area contributed by atoms with E-state index in [9.17, 15) is 14.3 Å². The van der Waals surface area contributed by atoms with Crippen LogP contribution in [0.2, 0.25) is 0 Å². The topological polar surface area (TPSA) is 75.4 Å². The van der Waals surface area contributed by atoms with Crippen molar-refractivity contribution in [3.05, 3.63) is 41.8 Å². The van der Waals surface area contributed by atoms with Crippen molar-refractivity contribution in [1.82, 2.24) is 10.5 Å². The van der Waals surface area contributed by atoms with Crippen LogP contribution in [-0.4, -0.2) is 28.3 Å². The Bertz CT molecular complexity index is 696. The van der Waals surface area contributed by atoms with Gasteiger partial charge in [-0.15, -0.1) is 0 Å². The molecule has 0 bridgehead atoms. The Morgan fingerprint density at radius 3 is 2.86 bits per heavy atom. The number of aliphatic hydroxyl groups excluding tert-OH is 1. The standard InChI is InChI=1S/C16H17FN2O3/c1-16(9-20,10-6-7-10)18-15(21)13-8-14(22-19-13)11-4-2-3-5-12(11)17/h2-5,8,10,20H,6-7,9H2,1H3,(H,18,21). The van der Waals surface area contributed by atoms with E-state index in [0.717, 1.165) is 12.8 Å². The zero-order chi connectivity index (χ0) is 15.7. The maximum Gasteiger partial charge on any atom is 0.273 e. The van der Waals surface area contributed by atoms with Gasteiger partial charge in [-0.2, -0.15) is 0 Å². The summed E-state index contributed by atoms with van der Waals surface area (Å²) in [5.74, 6) is -0.404. The molecule has 1 heterocycles. The Balaban J connectivity index is 1.79. The molecule has 1 saturated carbocycles. The van der Waals surface area contributed by atoms with Gasteiger partial charge >= 0.3 is 0 Å². The van der Waals surface area contributed by atoms with Crippen molar-refractivity contribution in [2.45, 2.75) is 25.3 Å². The van der Waals surface area contributed by atoms with Crippen molar-refractivity contribution in [3.8, 4) is 11.3 Å². The number of hydrogen-bond acceptors (Lipinski definition) is 4. The van der Waals surface area contributed by atoms with Crippen LogP contribution >= 0.6 is 0 Å². The molecule has 3 rings (SSSR count). The first-order valence-corrected chi connectivity index (χ1v) is 7.18. The summed E-state index contributed by atoms with van der Waals surface area (Å²) in [6.07, 6.45) is 1.97. The number of nitrogens with zero attached hydrogens (tertiary/aromatic N) is 1. The van der Waals surface area contributed by atoms with Gasteiger partial charge in [-0.1, -0.05) is 17.3 Å². The second-order valence-corrected chi connectivity index (χ2v) is 5.86. The van der Waals surface area contributed by atoms with Crippen LogP contribution in [0.15, 0.2) is 34.9 Å². The van der Waals surface area contributed by atoms with Gasteiger partial charge < -0.3 is 14.9 Å². The molecule has 1 aliphatic carbocycles. The summed E-state index contributed by atoms with van der Waals surface area (Å²) in [4.78, 5) is 12.2. The minimum Gasteiger partial charge on any atom is -0.394 e. The monoisotopic (exact) mass is 304 g/mol. The van der Waals surface area contributed by atoms with E-state index in [1.807, 2.05) is 0 Å². The molecule has 22 heavy (non-hydrogen) atoms. The van der Waals surface area contributed by atoms with Crippen LogP contribution < -0.4 is 5.32 Å². The minimum absolute atomic E-state index is 0.0681. The van der Waals surface area contributed by atoms with E-state index >= 15 is 0 Å². The molecule has 1 aromatic carbocycles. The van der Waals surface area contributed by atoms with Gasteiger partial charge in [-0.25, -0.2) is 4.39 Å². The summed E-state index contributed by atoms with van der Waals surface area (Å²) in [6.45, 7) is 1.67. The molecule has 1 fully saturated rings. The van der Waals surface area contributed by atoms with Gasteiger partial charge in [-0.05, 0) is 37.8 Å². The van der Waals surface area contributed by atoms with E-state index in [2.05, 4.69) is 10.5 Å². The number of halogens is 1. The fourth-order valence-electron chi connectivity index (χ4n) is 2.48. The summed E-state index contributed by atoms with van der Waals surface area (Å²) in [5, 5.41) is 16.0. The smallest absolute Gasteiger partial charge is 0.273 e. The predicted molar refractivity (Wildman–Crippen MR) is 77.6 cm³/mol. The lowest BCUT2D eigenvalue weighted by Crippen LogP contribution is -2.50. The lowest BCUT2D eigenvalue weighted by Gasteiger charge is -2.28. The van der Waals surface area contributed by atoms with Gasteiger partial charge in [0.1, 0.15) is 5.82 Å². The third-order valence-electron chi connectivity index (χ3n) is 4.09. The van der Waals surface area contributed by atoms with Crippen molar-refractivity contribution < 1.29 is 18.8 Å². The molecule has 2 N–H and O–H groups in total. The average Bonchev–Trinajstić information content (AvgIpc) is 3.26. The fourth-order valence-corrected chi connectivity index (χ4v) is 2.48. The molecule has 6 heteroatoms. The molecule has 0 saturated heterocycles. The van der Waals surface area contributed by atoms with Crippen molar-refractivity contribution >= 4 is 5.91 Å². The van der Waals surface area contributed by atoms with Crippen LogP contribution in [0.5, 0.6) is 0 Å². The molecule has 5 nitrogen and oxygen atoms in total. The van der Waals surface area contributed by atoms with E-state index in [-0.39, 0.29) is 29.5 Å². The molecule has 1 amide bonds. The zero-order valence-electron chi connectivity index (χ0n) is 12.2. The third kappa shape index (κ3) is 2.74. The van der Waals surface area contributed by atoms with E-state index < -0.39 is 17.3 Å². The molecule has 1 aliphatic rings. The highest BCUT2D eigenvalue weighted by molar-refractivity contribution is 5.93. The maximum atomic E-state index is 13.7. The van der Waals surface area contributed by atoms with Crippen molar-refractivity contribution in [2.75, 3.05) is 6.61 Å². The predicted octanol–water partition coefficient (Wildman–Crippen LogP) is 2.37. The zero-order valence-corrected chi connectivity index (χ0v) is 12.2. The van der Waals surface area contributed by atoms with Crippen LogP contribution in [-0.2, 0) is 0 Å². The highest BCUT2D eigenvalue weighted by atomic mass is 19.1. The Morgan fingerprint density at radius 1 is 1.50 bits per heavy atom. The van der Waals surface area contributed by atoms with Gasteiger partial charge in [0, 0.05) is 6.07 Å². The second kappa shape index (κ2) is 5.53. The Kier molecular flexibility index (Phi) is 3.70. The van der Waals surface area contributed by atoms with Gasteiger partial charge in [0.25, 0.3) is 5.91 Å². The molecule has 1 atom stereocenters. The molecule has 2 aromatic rings. The molecular weight excluding hydrogens is 287 g/mol. The molecule has 116 valence electrons. The van der Waals surface area contributed by atoms with E-state index in [1.54, 1.807) is 25.1 Å². The number of nitrogens with one attached hydrogen (secondary N) is 1. The van der Waals surface area contributed by atoms with Gasteiger partial charge in [-0.3, -0.25) is 4.79 Å². The van der Waals surface area contributed by atoms with E-state index in [0.29, 0.717) is 0 Å². The number of rotatable bonds is 5. The molecule has 0 spiro atoms. The van der Waals surface area contributed by atoms with Gasteiger partial charge in [0.2, 0.25) is 0 Å². The second-order valence-electron chi connectivity index (χ2n) is 5.86. The van der Waals surface area contributed by atoms with Crippen LogP contribution in [0, 0.1) is 11.7 Å². The van der Waals surface area contributed by atoms with Crippen molar-refractivity contribution in [1.29, 1.82) is 0 Å². The number of benzene rings is 1. The SMILES string of the molecule is CC(CO)(NC(=O)c1cc(-c2ccccc2F)on1)C1CC1. The molecule has 1 aromatic heterocycles. The first kappa shape index (κ1) is 14.7. The van der Waals surface area contributed by atoms with Crippen LogP contribution in [0.3, 0.4) is 0 Å². The van der Waals surface area contributed by atoms with E-state index in [1.165, 1.54) is 12.1 Å². The summed E-state index contributed by atoms with van der Waals surface area (Å²) in [6, 6.07) is 7.52. The lowest BCUT2D eigenvalue weighted by atomic mass is 9.97. The highest BCUT2D eigenvalue weighted by Crippen LogP contribution is 2.39. The first-order chi connectivity index (χ1) is 10.5. The third-order valence-corrected chi connectivity index (χ3v) is 4.09. The van der Waals surface area contributed by atoms with Gasteiger partial charge in [0.15, 0.2) is 11.5 Å². The van der Waals surface area contributed by atoms with Crippen LogP contribution in [0.4, 0.5) is 4.39 Å². The highest BCUT2D eigenvalue weighted by Gasteiger charge is 2.42. The van der Waals surface area contributed by atoms with Crippen molar-refractivity contribution in [3.63, 3.8) is 0 Å². The van der Waals surface area contributed by atoms with Crippen LogP contribution in [0.25, 0.3) is 11.3 Å². The number of aliphatic hydroxyl groups is 1. The summed E-state index contributed by atoms with van der Waals surface area (Å²) < 4.78 is 18.8. The minimum atomic E-state index is -0.659. The molecule has 0 aliphatic heterocycles. The quantitative estimate of drug-likeness (QED) is 0.889. The Hall–Kier alpha value is -2.21. The molecular formula is C16H17FN2O3. The fraction of sp³-hybridized carbons (Fsp3) is 0.375.